The lowest BCUT2D eigenvalue weighted by Gasteiger charge is -2.13. The van der Waals surface area contributed by atoms with E-state index in [-0.39, 0.29) is 24.4 Å². The van der Waals surface area contributed by atoms with E-state index < -0.39 is 17.8 Å². The van der Waals surface area contributed by atoms with Crippen molar-refractivity contribution in [2.45, 2.75) is 38.2 Å². The van der Waals surface area contributed by atoms with Gasteiger partial charge in [-0.2, -0.15) is 5.10 Å². The van der Waals surface area contributed by atoms with E-state index in [1.165, 1.54) is 30.3 Å². The molecular weight excluding hydrogens is 351 g/mol. The molecule has 2 aromatic rings. The van der Waals surface area contributed by atoms with Gasteiger partial charge in [-0.3, -0.25) is 9.59 Å². The van der Waals surface area contributed by atoms with Gasteiger partial charge in [0, 0.05) is 24.1 Å². The molecule has 0 radical (unpaired) electrons. The number of carbonyl (C=O) groups excluding carboxylic acids is 1. The Balaban J connectivity index is 1.63. The van der Waals surface area contributed by atoms with Gasteiger partial charge < -0.3 is 10.1 Å². The Bertz CT molecular complexity index is 860. The zero-order valence-corrected chi connectivity index (χ0v) is 13.6. The number of hydrogen-bond acceptors (Lipinski definition) is 4. The monoisotopic (exact) mass is 367 g/mol. The molecule has 0 unspecified atom stereocenters. The molecule has 138 valence electrons. The van der Waals surface area contributed by atoms with Crippen LogP contribution in [0.2, 0.25) is 0 Å². The van der Waals surface area contributed by atoms with Gasteiger partial charge in [0.2, 0.25) is 5.91 Å². The molecule has 1 aromatic carbocycles. The van der Waals surface area contributed by atoms with Gasteiger partial charge >= 0.3 is 6.36 Å². The van der Waals surface area contributed by atoms with Crippen molar-refractivity contribution >= 4 is 5.91 Å². The number of rotatable bonds is 6. The Kier molecular flexibility index (Phi) is 4.97. The molecule has 0 atom stereocenters. The molecule has 1 N–H and O–H groups in total. The lowest BCUT2D eigenvalue weighted by molar-refractivity contribution is -0.274. The SMILES string of the molecule is O=C(Cn1nc(C2CC2)ccc1=O)NCc1ccccc1OC(F)(F)F. The summed E-state index contributed by atoms with van der Waals surface area (Å²) in [7, 11) is 0. The molecule has 1 aliphatic carbocycles. The summed E-state index contributed by atoms with van der Waals surface area (Å²) in [6, 6.07) is 8.54. The van der Waals surface area contributed by atoms with Gasteiger partial charge in [-0.15, -0.1) is 13.2 Å². The molecule has 0 spiro atoms. The van der Waals surface area contributed by atoms with E-state index in [0.29, 0.717) is 5.92 Å². The quantitative estimate of drug-likeness (QED) is 0.851. The smallest absolute Gasteiger partial charge is 0.405 e. The third-order valence-electron chi connectivity index (χ3n) is 3.85. The maximum atomic E-state index is 12.4. The molecule has 0 bridgehead atoms. The number of nitrogens with zero attached hydrogens (tertiary/aromatic N) is 2. The van der Waals surface area contributed by atoms with Crippen molar-refractivity contribution in [1.29, 1.82) is 0 Å². The molecule has 26 heavy (non-hydrogen) atoms. The number of hydrogen-bond donors (Lipinski definition) is 1. The van der Waals surface area contributed by atoms with E-state index in [0.717, 1.165) is 23.2 Å². The highest BCUT2D eigenvalue weighted by molar-refractivity contribution is 5.75. The van der Waals surface area contributed by atoms with E-state index in [9.17, 15) is 22.8 Å². The van der Waals surface area contributed by atoms with Gasteiger partial charge in [0.1, 0.15) is 12.3 Å². The topological polar surface area (TPSA) is 73.2 Å². The number of alkyl halides is 3. The first-order valence-electron chi connectivity index (χ1n) is 8.00. The van der Waals surface area contributed by atoms with Gasteiger partial charge in [0.05, 0.1) is 5.69 Å². The molecular formula is C17H16F3N3O3. The number of amides is 1. The van der Waals surface area contributed by atoms with Crippen molar-refractivity contribution in [3.8, 4) is 5.75 Å². The maximum Gasteiger partial charge on any atom is 0.573 e. The first kappa shape index (κ1) is 18.0. The first-order valence-corrected chi connectivity index (χ1v) is 8.00. The van der Waals surface area contributed by atoms with Gasteiger partial charge in [-0.05, 0) is 25.0 Å². The average Bonchev–Trinajstić information content (AvgIpc) is 3.40. The number of nitrogens with one attached hydrogen (secondary N) is 1. The molecule has 3 rings (SSSR count). The molecule has 6 nitrogen and oxygen atoms in total. The summed E-state index contributed by atoms with van der Waals surface area (Å²) in [6.07, 6.45) is -2.80. The molecule has 1 fully saturated rings. The van der Waals surface area contributed by atoms with Crippen LogP contribution in [0.5, 0.6) is 5.75 Å². The summed E-state index contributed by atoms with van der Waals surface area (Å²) >= 11 is 0. The molecule has 1 aliphatic rings. The van der Waals surface area contributed by atoms with E-state index in [4.69, 9.17) is 0 Å². The van der Waals surface area contributed by atoms with Crippen molar-refractivity contribution in [3.63, 3.8) is 0 Å². The zero-order chi connectivity index (χ0) is 18.7. The van der Waals surface area contributed by atoms with Crippen LogP contribution in [0.15, 0.2) is 41.2 Å². The van der Waals surface area contributed by atoms with Gasteiger partial charge in [-0.25, -0.2) is 4.68 Å². The van der Waals surface area contributed by atoms with Crippen LogP contribution in [0.4, 0.5) is 13.2 Å². The third-order valence-corrected chi connectivity index (χ3v) is 3.85. The van der Waals surface area contributed by atoms with E-state index >= 15 is 0 Å². The Morgan fingerprint density at radius 2 is 1.96 bits per heavy atom. The zero-order valence-electron chi connectivity index (χ0n) is 13.6. The van der Waals surface area contributed by atoms with Crippen LogP contribution in [-0.2, 0) is 17.9 Å². The third kappa shape index (κ3) is 4.84. The largest absolute Gasteiger partial charge is 0.573 e. The Morgan fingerprint density at radius 1 is 1.23 bits per heavy atom. The summed E-state index contributed by atoms with van der Waals surface area (Å²) in [4.78, 5) is 23.9. The number of aromatic nitrogens is 2. The van der Waals surface area contributed by atoms with Crippen LogP contribution >= 0.6 is 0 Å². The standard InChI is InChI=1S/C17H16F3N3O3/c18-17(19,20)26-14-4-2-1-3-12(14)9-21-15(24)10-23-16(25)8-7-13(22-23)11-5-6-11/h1-4,7-8,11H,5-6,9-10H2,(H,21,24). The number of ether oxygens (including phenoxy) is 1. The summed E-state index contributed by atoms with van der Waals surface area (Å²) in [5.74, 6) is -0.586. The fraction of sp³-hybridized carbons (Fsp3) is 0.353. The summed E-state index contributed by atoms with van der Waals surface area (Å²) in [5, 5.41) is 6.64. The van der Waals surface area contributed by atoms with E-state index in [1.807, 2.05) is 0 Å². The van der Waals surface area contributed by atoms with Crippen LogP contribution in [0, 0.1) is 0 Å². The maximum absolute atomic E-state index is 12.4. The number of halogens is 3. The molecule has 1 saturated carbocycles. The minimum Gasteiger partial charge on any atom is -0.405 e. The van der Waals surface area contributed by atoms with Gasteiger partial charge in [0.15, 0.2) is 0 Å². The molecule has 9 heteroatoms. The molecule has 1 amide bonds. The second-order valence-corrected chi connectivity index (χ2v) is 5.96. The fourth-order valence-corrected chi connectivity index (χ4v) is 2.43. The number of para-hydroxylation sites is 1. The number of carbonyl (C=O) groups is 1. The lowest BCUT2D eigenvalue weighted by Crippen LogP contribution is -2.33. The highest BCUT2D eigenvalue weighted by Gasteiger charge is 2.32. The van der Waals surface area contributed by atoms with Crippen LogP contribution in [-0.4, -0.2) is 22.1 Å². The number of benzene rings is 1. The minimum atomic E-state index is -4.82. The molecule has 1 aromatic heterocycles. The summed E-state index contributed by atoms with van der Waals surface area (Å²) in [5.41, 5.74) is 0.525. The molecule has 1 heterocycles. The van der Waals surface area contributed by atoms with Crippen molar-refractivity contribution < 1.29 is 22.7 Å². The highest BCUT2D eigenvalue weighted by Crippen LogP contribution is 2.38. The van der Waals surface area contributed by atoms with Crippen LogP contribution in [0.3, 0.4) is 0 Å². The Hall–Kier alpha value is -2.84. The Labute approximate surface area is 146 Å². The second kappa shape index (κ2) is 7.19. The normalized spacial score (nSPS) is 14.1. The van der Waals surface area contributed by atoms with Gasteiger partial charge in [-0.1, -0.05) is 18.2 Å². The second-order valence-electron chi connectivity index (χ2n) is 5.96. The lowest BCUT2D eigenvalue weighted by atomic mass is 10.2. The van der Waals surface area contributed by atoms with E-state index in [1.54, 1.807) is 6.07 Å². The van der Waals surface area contributed by atoms with Gasteiger partial charge in [0.25, 0.3) is 5.56 Å². The summed E-state index contributed by atoms with van der Waals surface area (Å²) in [6.45, 7) is -0.468. The predicted octanol–water partition coefficient (Wildman–Crippen LogP) is 2.34. The first-order chi connectivity index (χ1) is 12.3. The Morgan fingerprint density at radius 3 is 2.65 bits per heavy atom. The predicted molar refractivity (Wildman–Crippen MR) is 85.4 cm³/mol. The highest BCUT2D eigenvalue weighted by atomic mass is 19.4. The van der Waals surface area contributed by atoms with Crippen molar-refractivity contribution in [1.82, 2.24) is 15.1 Å². The van der Waals surface area contributed by atoms with E-state index in [2.05, 4.69) is 15.2 Å². The van der Waals surface area contributed by atoms with Crippen molar-refractivity contribution in [3.05, 3.63) is 58.0 Å². The van der Waals surface area contributed by atoms with Crippen LogP contribution < -0.4 is 15.6 Å². The fourth-order valence-electron chi connectivity index (χ4n) is 2.43. The van der Waals surface area contributed by atoms with Crippen molar-refractivity contribution in [2.24, 2.45) is 0 Å². The van der Waals surface area contributed by atoms with Crippen LogP contribution in [0.25, 0.3) is 0 Å². The molecule has 0 saturated heterocycles. The summed E-state index contributed by atoms with van der Waals surface area (Å²) < 4.78 is 42.2. The molecule has 0 aliphatic heterocycles. The average molecular weight is 367 g/mol. The minimum absolute atomic E-state index is 0.165. The van der Waals surface area contributed by atoms with Crippen molar-refractivity contribution in [2.75, 3.05) is 0 Å². The van der Waals surface area contributed by atoms with Crippen LogP contribution in [0.1, 0.15) is 30.0 Å².